The number of rotatable bonds is 3. The maximum absolute atomic E-state index is 5.20. The molecule has 1 aromatic rings. The lowest BCUT2D eigenvalue weighted by Crippen LogP contribution is -1.90. The van der Waals surface area contributed by atoms with E-state index in [2.05, 4.69) is 11.9 Å². The number of nitrogens with two attached hydrogens (primary N) is 1. The van der Waals surface area contributed by atoms with E-state index < -0.39 is 0 Å². The van der Waals surface area contributed by atoms with E-state index in [4.69, 9.17) is 10.5 Å². The third-order valence-corrected chi connectivity index (χ3v) is 1.87. The summed E-state index contributed by atoms with van der Waals surface area (Å²) >= 11 is 0. The van der Waals surface area contributed by atoms with Gasteiger partial charge in [-0.05, 0) is 30.2 Å². The Morgan fingerprint density at radius 3 is 2.85 bits per heavy atom. The Morgan fingerprint density at radius 1 is 1.54 bits per heavy atom. The Hall–Kier alpha value is -1.51. The number of aryl methyl sites for hydroxylation is 1. The largest absolute Gasteiger partial charge is 0.496 e. The number of benzene rings is 1. The fourth-order valence-corrected chi connectivity index (χ4v) is 1.21. The minimum absolute atomic E-state index is 0.861. The predicted octanol–water partition coefficient (Wildman–Crippen LogP) is 1.88. The van der Waals surface area contributed by atoms with Gasteiger partial charge >= 0.3 is 0 Å². The Kier molecular flexibility index (Phi) is 3.31. The fraction of sp³-hybridized carbons (Fsp3) is 0.300. The lowest BCUT2D eigenvalue weighted by atomic mass is 10.1. The van der Waals surface area contributed by atoms with Crippen molar-refractivity contribution in [1.82, 2.24) is 0 Å². The molecular formula is C10H14N2O. The number of aliphatic imine (C=N–C) groups is 1. The van der Waals surface area contributed by atoms with Crippen molar-refractivity contribution in [3.63, 3.8) is 0 Å². The minimum atomic E-state index is 0.861. The lowest BCUT2D eigenvalue weighted by molar-refractivity contribution is 0.410. The topological polar surface area (TPSA) is 47.6 Å². The number of hydrogen-bond donors (Lipinski definition) is 1. The molecule has 0 atom stereocenters. The third-order valence-electron chi connectivity index (χ3n) is 1.87. The summed E-state index contributed by atoms with van der Waals surface area (Å²) < 4.78 is 5.19. The van der Waals surface area contributed by atoms with Gasteiger partial charge in [0.1, 0.15) is 5.75 Å². The van der Waals surface area contributed by atoms with Crippen molar-refractivity contribution in [3.8, 4) is 5.75 Å². The van der Waals surface area contributed by atoms with E-state index in [-0.39, 0.29) is 0 Å². The highest BCUT2D eigenvalue weighted by Gasteiger charge is 2.00. The van der Waals surface area contributed by atoms with E-state index in [0.29, 0.717) is 0 Å². The minimum Gasteiger partial charge on any atom is -0.496 e. The molecule has 3 nitrogen and oxygen atoms in total. The van der Waals surface area contributed by atoms with Crippen LogP contribution in [0.3, 0.4) is 0 Å². The number of hydrogen-bond acceptors (Lipinski definition) is 2. The van der Waals surface area contributed by atoms with Crippen LogP contribution in [0.1, 0.15) is 12.5 Å². The normalized spacial score (nSPS) is 10.6. The predicted molar refractivity (Wildman–Crippen MR) is 54.7 cm³/mol. The van der Waals surface area contributed by atoms with Gasteiger partial charge in [0.05, 0.1) is 19.1 Å². The van der Waals surface area contributed by atoms with Crippen molar-refractivity contribution in [2.45, 2.75) is 13.3 Å². The zero-order chi connectivity index (χ0) is 9.68. The van der Waals surface area contributed by atoms with Crippen LogP contribution in [-0.4, -0.2) is 13.4 Å². The highest BCUT2D eigenvalue weighted by atomic mass is 16.5. The lowest BCUT2D eigenvalue weighted by Gasteiger charge is -2.06. The second-order valence-corrected chi connectivity index (χ2v) is 2.63. The Balaban J connectivity index is 3.05. The molecule has 70 valence electrons. The van der Waals surface area contributed by atoms with Crippen molar-refractivity contribution in [2.24, 2.45) is 10.7 Å². The van der Waals surface area contributed by atoms with E-state index in [1.165, 1.54) is 6.34 Å². The molecule has 0 spiro atoms. The van der Waals surface area contributed by atoms with Gasteiger partial charge < -0.3 is 10.5 Å². The van der Waals surface area contributed by atoms with Gasteiger partial charge in [0.15, 0.2) is 0 Å². The molecule has 0 saturated carbocycles. The SMILES string of the molecule is CCc1cc(N=CN)ccc1OC. The van der Waals surface area contributed by atoms with Crippen LogP contribution in [0, 0.1) is 0 Å². The van der Waals surface area contributed by atoms with E-state index in [1.54, 1.807) is 7.11 Å². The van der Waals surface area contributed by atoms with Gasteiger partial charge in [-0.2, -0.15) is 0 Å². The van der Waals surface area contributed by atoms with Crippen molar-refractivity contribution >= 4 is 12.0 Å². The third kappa shape index (κ3) is 2.21. The average Bonchev–Trinajstić information content (AvgIpc) is 2.18. The molecule has 0 unspecified atom stereocenters. The zero-order valence-electron chi connectivity index (χ0n) is 7.95. The smallest absolute Gasteiger partial charge is 0.122 e. The molecule has 1 rings (SSSR count). The summed E-state index contributed by atoms with van der Waals surface area (Å²) in [5.41, 5.74) is 7.21. The van der Waals surface area contributed by atoms with Crippen LogP contribution in [-0.2, 0) is 6.42 Å². The molecular weight excluding hydrogens is 164 g/mol. The maximum Gasteiger partial charge on any atom is 0.122 e. The molecule has 0 aliphatic rings. The molecule has 0 saturated heterocycles. The molecule has 0 radical (unpaired) electrons. The Bertz CT molecular complexity index is 308. The van der Waals surface area contributed by atoms with E-state index >= 15 is 0 Å². The van der Waals surface area contributed by atoms with Crippen LogP contribution in [0.15, 0.2) is 23.2 Å². The zero-order valence-corrected chi connectivity index (χ0v) is 7.95. The molecule has 1 aromatic carbocycles. The van der Waals surface area contributed by atoms with Gasteiger partial charge in [0, 0.05) is 0 Å². The van der Waals surface area contributed by atoms with Crippen LogP contribution in [0.25, 0.3) is 0 Å². The summed E-state index contributed by atoms with van der Waals surface area (Å²) in [6, 6.07) is 5.75. The Morgan fingerprint density at radius 2 is 2.31 bits per heavy atom. The molecule has 0 fully saturated rings. The van der Waals surface area contributed by atoms with Crippen LogP contribution in [0.2, 0.25) is 0 Å². The molecule has 0 aliphatic carbocycles. The Labute approximate surface area is 78.2 Å². The van der Waals surface area contributed by atoms with Crippen molar-refractivity contribution in [1.29, 1.82) is 0 Å². The first kappa shape index (κ1) is 9.58. The first-order valence-electron chi connectivity index (χ1n) is 4.23. The second kappa shape index (κ2) is 4.50. The monoisotopic (exact) mass is 178 g/mol. The fourth-order valence-electron chi connectivity index (χ4n) is 1.21. The summed E-state index contributed by atoms with van der Waals surface area (Å²) in [6.07, 6.45) is 2.22. The average molecular weight is 178 g/mol. The first-order valence-corrected chi connectivity index (χ1v) is 4.23. The number of methoxy groups -OCH3 is 1. The van der Waals surface area contributed by atoms with Gasteiger partial charge in [0.2, 0.25) is 0 Å². The van der Waals surface area contributed by atoms with Crippen molar-refractivity contribution < 1.29 is 4.74 Å². The second-order valence-electron chi connectivity index (χ2n) is 2.63. The van der Waals surface area contributed by atoms with Gasteiger partial charge in [-0.15, -0.1) is 0 Å². The standard InChI is InChI=1S/C10H14N2O/c1-3-8-6-9(12-7-11)4-5-10(8)13-2/h4-7H,3H2,1-2H3,(H2,11,12). The molecule has 0 heterocycles. The number of ether oxygens (including phenoxy) is 1. The molecule has 0 bridgehead atoms. The first-order chi connectivity index (χ1) is 6.31. The number of nitrogens with zero attached hydrogens (tertiary/aromatic N) is 1. The summed E-state index contributed by atoms with van der Waals surface area (Å²) in [5.74, 6) is 0.901. The van der Waals surface area contributed by atoms with Crippen LogP contribution in [0.5, 0.6) is 5.75 Å². The van der Waals surface area contributed by atoms with Gasteiger partial charge in [-0.3, -0.25) is 0 Å². The molecule has 13 heavy (non-hydrogen) atoms. The van der Waals surface area contributed by atoms with Crippen molar-refractivity contribution in [3.05, 3.63) is 23.8 Å². The van der Waals surface area contributed by atoms with Gasteiger partial charge in [-0.25, -0.2) is 4.99 Å². The summed E-state index contributed by atoms with van der Waals surface area (Å²) in [6.45, 7) is 2.08. The van der Waals surface area contributed by atoms with E-state index in [1.807, 2.05) is 18.2 Å². The highest BCUT2D eigenvalue weighted by Crippen LogP contribution is 2.24. The van der Waals surface area contributed by atoms with Crippen LogP contribution in [0.4, 0.5) is 5.69 Å². The van der Waals surface area contributed by atoms with Gasteiger partial charge in [-0.1, -0.05) is 6.92 Å². The summed E-state index contributed by atoms with van der Waals surface area (Å²) in [5, 5.41) is 0. The van der Waals surface area contributed by atoms with Crippen LogP contribution < -0.4 is 10.5 Å². The molecule has 0 amide bonds. The van der Waals surface area contributed by atoms with Crippen LogP contribution >= 0.6 is 0 Å². The van der Waals surface area contributed by atoms with E-state index in [9.17, 15) is 0 Å². The van der Waals surface area contributed by atoms with Gasteiger partial charge in [0.25, 0.3) is 0 Å². The maximum atomic E-state index is 5.20. The molecule has 3 heteroatoms. The van der Waals surface area contributed by atoms with E-state index in [0.717, 1.165) is 23.4 Å². The molecule has 0 aliphatic heterocycles. The summed E-state index contributed by atoms with van der Waals surface area (Å²) in [7, 11) is 1.67. The quantitative estimate of drug-likeness (QED) is 0.567. The van der Waals surface area contributed by atoms with Crippen molar-refractivity contribution in [2.75, 3.05) is 7.11 Å². The summed E-state index contributed by atoms with van der Waals surface area (Å²) in [4.78, 5) is 3.99. The molecule has 0 aromatic heterocycles. The highest BCUT2D eigenvalue weighted by molar-refractivity contribution is 5.60. The molecule has 2 N–H and O–H groups in total.